The number of likely N-dealkylation sites (N-methyl/N-ethyl adjacent to an activating group) is 1. The highest BCUT2D eigenvalue weighted by molar-refractivity contribution is 6.31. The number of hydrogen-bond acceptors (Lipinski definition) is 8. The van der Waals surface area contributed by atoms with E-state index in [0.717, 1.165) is 107 Å². The average molecular weight is 982 g/mol. The van der Waals surface area contributed by atoms with Crippen molar-refractivity contribution in [2.45, 2.75) is 125 Å². The molecular formula is C53H63Cl2FN8O5. The minimum atomic E-state index is -1.24. The summed E-state index contributed by atoms with van der Waals surface area (Å²) >= 11 is 13.0. The minimum Gasteiger partial charge on any atom is -0.352 e. The van der Waals surface area contributed by atoms with Gasteiger partial charge in [-0.1, -0.05) is 66.7 Å². The second-order valence-corrected chi connectivity index (χ2v) is 22.6. The SMILES string of the molecule is CN1[C@@H](C(=O)N[C@H]2CC[C@H](CN3CCC4(CC3)CN(CCc3ccc5c(c3)n(C)c(=O)n5C3CCC(=O)NC3=O)C4)CC2)[C@H](c2cccc(Cl)c2F)[C@]2(C(=O)Nc3cc(Cl)ccc32)C12CCCCC2. The van der Waals surface area contributed by atoms with Gasteiger partial charge in [0.05, 0.1) is 22.1 Å². The van der Waals surface area contributed by atoms with Crippen LogP contribution < -0.4 is 21.6 Å². The summed E-state index contributed by atoms with van der Waals surface area (Å²) in [5, 5.41) is 9.47. The Kier molecular flexibility index (Phi) is 12.1. The normalized spacial score (nSPS) is 29.1. The first-order valence-electron chi connectivity index (χ1n) is 25.3. The molecule has 4 saturated heterocycles. The van der Waals surface area contributed by atoms with E-state index in [4.69, 9.17) is 23.2 Å². The first kappa shape index (κ1) is 46.8. The van der Waals surface area contributed by atoms with Crippen molar-refractivity contribution in [3.8, 4) is 0 Å². The monoisotopic (exact) mass is 980 g/mol. The van der Waals surface area contributed by atoms with Gasteiger partial charge in [0.25, 0.3) is 0 Å². The fourth-order valence-electron chi connectivity index (χ4n) is 14.6. The number of rotatable bonds is 9. The molecule has 3 aromatic carbocycles. The number of carbonyl (C=O) groups is 4. The zero-order chi connectivity index (χ0) is 48.0. The van der Waals surface area contributed by atoms with Gasteiger partial charge in [0, 0.05) is 67.9 Å². The fourth-order valence-corrected chi connectivity index (χ4v) is 14.9. The number of imide groups is 1. The molecule has 4 amide bonds. The topological polar surface area (TPSA) is 141 Å². The van der Waals surface area contributed by atoms with Crippen molar-refractivity contribution in [1.82, 2.24) is 34.5 Å². The summed E-state index contributed by atoms with van der Waals surface area (Å²) in [6, 6.07) is 15.0. The highest BCUT2D eigenvalue weighted by Gasteiger charge is 2.74. The largest absolute Gasteiger partial charge is 0.352 e. The summed E-state index contributed by atoms with van der Waals surface area (Å²) in [6.07, 6.45) is 11.9. The molecule has 6 fully saturated rings. The molecule has 16 heteroatoms. The van der Waals surface area contributed by atoms with Crippen LogP contribution in [0.4, 0.5) is 10.1 Å². The van der Waals surface area contributed by atoms with E-state index in [1.54, 1.807) is 35.9 Å². The number of aromatic nitrogens is 2. The highest BCUT2D eigenvalue weighted by atomic mass is 35.5. The Hall–Kier alpha value is -4.60. The number of hydrogen-bond donors (Lipinski definition) is 3. The third-order valence-corrected chi connectivity index (χ3v) is 18.6. The van der Waals surface area contributed by atoms with E-state index in [1.165, 1.54) is 23.5 Å². The number of piperidine rings is 2. The number of aryl methyl sites for hydroxylation is 1. The van der Waals surface area contributed by atoms with Gasteiger partial charge in [0.1, 0.15) is 17.3 Å². The summed E-state index contributed by atoms with van der Waals surface area (Å²) in [6.45, 7) is 6.43. The summed E-state index contributed by atoms with van der Waals surface area (Å²) in [7, 11) is 3.71. The van der Waals surface area contributed by atoms with Crippen molar-refractivity contribution in [3.05, 3.63) is 97.6 Å². The molecule has 69 heavy (non-hydrogen) atoms. The maximum absolute atomic E-state index is 16.5. The number of halogens is 3. The second kappa shape index (κ2) is 17.9. The lowest BCUT2D eigenvalue weighted by atomic mass is 9.55. The van der Waals surface area contributed by atoms with Gasteiger partial charge in [0.15, 0.2) is 0 Å². The maximum atomic E-state index is 16.5. The zero-order valence-corrected chi connectivity index (χ0v) is 41.1. The van der Waals surface area contributed by atoms with Crippen LogP contribution in [0, 0.1) is 17.2 Å². The third kappa shape index (κ3) is 7.68. The van der Waals surface area contributed by atoms with Gasteiger partial charge in [0.2, 0.25) is 23.6 Å². The van der Waals surface area contributed by atoms with Crippen molar-refractivity contribution < 1.29 is 23.6 Å². The Morgan fingerprint density at radius 1 is 0.841 bits per heavy atom. The van der Waals surface area contributed by atoms with Crippen LogP contribution in [0.1, 0.15) is 112 Å². The summed E-state index contributed by atoms with van der Waals surface area (Å²) in [5.41, 5.74) is 2.50. The van der Waals surface area contributed by atoms with Crippen LogP contribution in [0.25, 0.3) is 11.0 Å². The number of fused-ring (bicyclic) bond motifs is 4. The van der Waals surface area contributed by atoms with Crippen LogP contribution in [-0.2, 0) is 38.1 Å². The van der Waals surface area contributed by atoms with E-state index in [0.29, 0.717) is 52.4 Å². The molecule has 1 aromatic heterocycles. The Morgan fingerprint density at radius 3 is 2.33 bits per heavy atom. The van der Waals surface area contributed by atoms with Gasteiger partial charge in [-0.2, -0.15) is 0 Å². The quantitative estimate of drug-likeness (QED) is 0.152. The van der Waals surface area contributed by atoms with E-state index in [2.05, 4.69) is 42.8 Å². The zero-order valence-electron chi connectivity index (χ0n) is 39.6. The molecule has 5 aliphatic heterocycles. The minimum absolute atomic E-state index is 0.00678. The van der Waals surface area contributed by atoms with Crippen molar-refractivity contribution in [2.75, 3.05) is 51.6 Å². The molecule has 0 bridgehead atoms. The van der Waals surface area contributed by atoms with Crippen molar-refractivity contribution in [2.24, 2.45) is 18.4 Å². The molecule has 1 unspecified atom stereocenters. The van der Waals surface area contributed by atoms with Gasteiger partial charge in [-0.15, -0.1) is 0 Å². The Labute approximate surface area is 412 Å². The van der Waals surface area contributed by atoms with E-state index >= 15 is 9.18 Å². The lowest BCUT2D eigenvalue weighted by Gasteiger charge is -2.54. The molecule has 6 heterocycles. The van der Waals surface area contributed by atoms with E-state index in [9.17, 15) is 19.2 Å². The van der Waals surface area contributed by atoms with E-state index < -0.39 is 40.7 Å². The van der Waals surface area contributed by atoms with E-state index in [1.807, 2.05) is 19.2 Å². The summed E-state index contributed by atoms with van der Waals surface area (Å²) < 4.78 is 19.6. The Balaban J connectivity index is 0.696. The summed E-state index contributed by atoms with van der Waals surface area (Å²) in [4.78, 5) is 74.8. The Morgan fingerprint density at radius 2 is 1.59 bits per heavy atom. The number of likely N-dealkylation sites (tertiary alicyclic amines) is 3. The molecule has 2 aliphatic carbocycles. The number of nitrogens with zero attached hydrogens (tertiary/aromatic N) is 5. The lowest BCUT2D eigenvalue weighted by molar-refractivity contribution is -0.136. The first-order chi connectivity index (χ1) is 33.2. The molecule has 4 atom stereocenters. The van der Waals surface area contributed by atoms with Gasteiger partial charge >= 0.3 is 5.69 Å². The summed E-state index contributed by atoms with van der Waals surface area (Å²) in [5.74, 6) is -1.95. The maximum Gasteiger partial charge on any atom is 0.329 e. The van der Waals surface area contributed by atoms with Crippen LogP contribution in [0.2, 0.25) is 10.0 Å². The van der Waals surface area contributed by atoms with Crippen LogP contribution in [0.15, 0.2) is 59.4 Å². The van der Waals surface area contributed by atoms with Gasteiger partial charge < -0.3 is 20.4 Å². The average Bonchev–Trinajstić information content (AvgIpc) is 3.84. The van der Waals surface area contributed by atoms with Gasteiger partial charge in [-0.25, -0.2) is 9.18 Å². The molecule has 3 N–H and O–H groups in total. The van der Waals surface area contributed by atoms with Gasteiger partial charge in [-0.3, -0.25) is 38.5 Å². The van der Waals surface area contributed by atoms with E-state index in [-0.39, 0.29) is 40.9 Å². The Bertz CT molecular complexity index is 2780. The molecule has 7 aliphatic rings. The smallest absolute Gasteiger partial charge is 0.329 e. The molecule has 11 rings (SSSR count). The molecular weight excluding hydrogens is 919 g/mol. The van der Waals surface area contributed by atoms with Crippen LogP contribution in [-0.4, -0.2) is 111 Å². The predicted octanol–water partition coefficient (Wildman–Crippen LogP) is 7.07. The molecule has 13 nitrogen and oxygen atoms in total. The van der Waals surface area contributed by atoms with Crippen molar-refractivity contribution in [1.29, 1.82) is 0 Å². The van der Waals surface area contributed by atoms with Crippen molar-refractivity contribution in [3.63, 3.8) is 0 Å². The molecule has 4 aromatic rings. The predicted molar refractivity (Wildman–Crippen MR) is 264 cm³/mol. The number of amides is 4. The molecule has 0 radical (unpaired) electrons. The standard InChI is InChI=1S/C53H63Cl2FN8O5/c1-60-42-27-32(11-16-40(42)64(50(60)69)41-17-18-43(65)59-47(41)66)19-24-63-30-51(31-63)22-25-62(26-23-51)29-33-9-13-35(14-10-33)57-48(67)46-44(36-7-6-8-38(55)45(36)56)53(52(61(46)2)20-4-3-5-21-52)37-15-12-34(54)28-39(37)58-49(53)68/h6-8,11-12,15-16,27-28,33,35,41,44,46H,3-5,9-10,13-14,17-26,29-31H2,1-2H3,(H,57,67)(H,58,68)(H,59,65,66)/t33-,35-,41?,44-,46+,53+/m0/s1. The van der Waals surface area contributed by atoms with Crippen LogP contribution in [0.3, 0.4) is 0 Å². The number of imidazole rings is 1. The number of anilines is 1. The number of carbonyl (C=O) groups excluding carboxylic acids is 4. The van der Waals surface area contributed by atoms with Crippen LogP contribution in [0.5, 0.6) is 0 Å². The number of benzene rings is 3. The second-order valence-electron chi connectivity index (χ2n) is 21.7. The molecule has 3 spiro atoms. The first-order valence-corrected chi connectivity index (χ1v) is 26.0. The number of nitrogens with one attached hydrogen (secondary N) is 3. The third-order valence-electron chi connectivity index (χ3n) is 18.0. The molecule has 2 saturated carbocycles. The van der Waals surface area contributed by atoms with Gasteiger partial charge in [-0.05, 0) is 143 Å². The van der Waals surface area contributed by atoms with Crippen LogP contribution >= 0.6 is 23.2 Å². The highest BCUT2D eigenvalue weighted by Crippen LogP contribution is 2.66. The lowest BCUT2D eigenvalue weighted by Crippen LogP contribution is -2.60. The molecule has 366 valence electrons. The fraction of sp³-hybridized carbons (Fsp3) is 0.566. The van der Waals surface area contributed by atoms with Crippen molar-refractivity contribution >= 4 is 63.6 Å².